The first-order valence-corrected chi connectivity index (χ1v) is 10.8. The van der Waals surface area contributed by atoms with Crippen LogP contribution in [0.3, 0.4) is 0 Å². The summed E-state index contributed by atoms with van der Waals surface area (Å²) in [6.45, 7) is 0. The van der Waals surface area contributed by atoms with Crippen LogP contribution in [0, 0.1) is 0 Å². The van der Waals surface area contributed by atoms with E-state index in [-0.39, 0.29) is 11.3 Å². The predicted octanol–water partition coefficient (Wildman–Crippen LogP) is 5.18. The Labute approximate surface area is 198 Å². The molecule has 0 radical (unpaired) electrons. The van der Waals surface area contributed by atoms with E-state index in [1.807, 2.05) is 35.9 Å². The molecule has 9 heteroatoms. The van der Waals surface area contributed by atoms with Crippen molar-refractivity contribution in [2.24, 2.45) is 14.1 Å². The number of ether oxygens (including phenoxy) is 1. The molecule has 0 saturated carbocycles. The molecule has 0 spiro atoms. The van der Waals surface area contributed by atoms with Crippen molar-refractivity contribution in [2.45, 2.75) is 0 Å². The summed E-state index contributed by atoms with van der Waals surface area (Å²) >= 11 is 12.5. The highest BCUT2D eigenvalue weighted by atomic mass is 35.5. The standard InChI is InChI=1S/C24H18Cl2N4O3/c1-29-21-7-4-12(19-11-20(28-27-19)24(32)33-3)8-15(21)16-10-17(23(31)30(2)22(16)29)14-6-5-13(25)9-18(14)26/h4-11H,1-3H3,(H,27,28). The van der Waals surface area contributed by atoms with E-state index in [4.69, 9.17) is 27.9 Å². The maximum Gasteiger partial charge on any atom is 0.358 e. The molecule has 0 saturated heterocycles. The number of fused-ring (bicyclic) bond motifs is 3. The lowest BCUT2D eigenvalue weighted by molar-refractivity contribution is 0.0594. The molecule has 0 aliphatic heterocycles. The summed E-state index contributed by atoms with van der Waals surface area (Å²) in [4.78, 5) is 25.0. The predicted molar refractivity (Wildman–Crippen MR) is 130 cm³/mol. The molecule has 5 aromatic rings. The van der Waals surface area contributed by atoms with Gasteiger partial charge in [0.1, 0.15) is 5.65 Å². The Bertz CT molecular complexity index is 1650. The largest absolute Gasteiger partial charge is 0.464 e. The van der Waals surface area contributed by atoms with Crippen molar-refractivity contribution in [3.8, 4) is 22.4 Å². The second kappa shape index (κ2) is 7.79. The minimum atomic E-state index is -0.511. The minimum Gasteiger partial charge on any atom is -0.464 e. The fraction of sp³-hybridized carbons (Fsp3) is 0.125. The van der Waals surface area contributed by atoms with Crippen molar-refractivity contribution in [2.75, 3.05) is 7.11 Å². The Hall–Kier alpha value is -3.55. The lowest BCUT2D eigenvalue weighted by Crippen LogP contribution is -2.20. The minimum absolute atomic E-state index is 0.158. The molecule has 0 unspecified atom stereocenters. The number of carbonyl (C=O) groups is 1. The zero-order valence-electron chi connectivity index (χ0n) is 17.9. The van der Waals surface area contributed by atoms with E-state index in [1.54, 1.807) is 35.9 Å². The highest BCUT2D eigenvalue weighted by Crippen LogP contribution is 2.35. The summed E-state index contributed by atoms with van der Waals surface area (Å²) in [7, 11) is 4.98. The first-order chi connectivity index (χ1) is 15.8. The second-order valence-corrected chi connectivity index (χ2v) is 8.58. The molecule has 0 atom stereocenters. The third-order valence-electron chi connectivity index (χ3n) is 5.85. The third kappa shape index (κ3) is 3.32. The van der Waals surface area contributed by atoms with Gasteiger partial charge in [0.05, 0.1) is 23.3 Å². The summed E-state index contributed by atoms with van der Waals surface area (Å²) in [6.07, 6.45) is 0. The van der Waals surface area contributed by atoms with Gasteiger partial charge in [0.25, 0.3) is 5.56 Å². The number of nitrogens with one attached hydrogen (secondary N) is 1. The van der Waals surface area contributed by atoms with E-state index in [2.05, 4.69) is 10.2 Å². The SMILES string of the molecule is COC(=O)c1cc(-c2ccc3c(c2)c2cc(-c4ccc(Cl)cc4Cl)c(=O)n(C)c2n3C)[nH]n1. The van der Waals surface area contributed by atoms with Gasteiger partial charge in [0.2, 0.25) is 0 Å². The normalized spacial score (nSPS) is 11.4. The van der Waals surface area contributed by atoms with Crippen molar-refractivity contribution in [3.05, 3.63) is 74.6 Å². The number of halogens is 2. The van der Waals surface area contributed by atoms with Gasteiger partial charge >= 0.3 is 5.97 Å². The van der Waals surface area contributed by atoms with Crippen LogP contribution in [0.25, 0.3) is 44.3 Å². The fourth-order valence-electron chi connectivity index (χ4n) is 4.24. The summed E-state index contributed by atoms with van der Waals surface area (Å²) in [5.41, 5.74) is 4.41. The monoisotopic (exact) mass is 480 g/mol. The van der Waals surface area contributed by atoms with E-state index >= 15 is 0 Å². The van der Waals surface area contributed by atoms with Gasteiger partial charge in [-0.15, -0.1) is 0 Å². The van der Waals surface area contributed by atoms with Gasteiger partial charge in [0.15, 0.2) is 5.69 Å². The number of benzene rings is 2. The van der Waals surface area contributed by atoms with E-state index in [0.29, 0.717) is 26.9 Å². The zero-order chi connectivity index (χ0) is 23.4. The van der Waals surface area contributed by atoms with E-state index in [1.165, 1.54) is 7.11 Å². The molecule has 2 aromatic carbocycles. The van der Waals surface area contributed by atoms with Crippen LogP contribution >= 0.6 is 23.2 Å². The van der Waals surface area contributed by atoms with Gasteiger partial charge in [-0.25, -0.2) is 4.79 Å². The molecule has 0 bridgehead atoms. The first-order valence-electron chi connectivity index (χ1n) is 10.0. The second-order valence-electron chi connectivity index (χ2n) is 7.73. The average Bonchev–Trinajstić information content (AvgIpc) is 3.40. The Morgan fingerprint density at radius 3 is 2.48 bits per heavy atom. The van der Waals surface area contributed by atoms with Gasteiger partial charge in [-0.05, 0) is 36.4 Å². The van der Waals surface area contributed by atoms with E-state index < -0.39 is 5.97 Å². The van der Waals surface area contributed by atoms with Crippen LogP contribution in [-0.2, 0) is 18.8 Å². The van der Waals surface area contributed by atoms with Crippen LogP contribution < -0.4 is 5.56 Å². The molecule has 1 N–H and O–H groups in total. The number of aromatic amines is 1. The fourth-order valence-corrected chi connectivity index (χ4v) is 4.75. The Morgan fingerprint density at radius 1 is 0.970 bits per heavy atom. The molecule has 0 aliphatic carbocycles. The Balaban J connectivity index is 1.77. The van der Waals surface area contributed by atoms with Crippen molar-refractivity contribution in [3.63, 3.8) is 0 Å². The molecular formula is C24H18Cl2N4O3. The number of nitrogens with zero attached hydrogens (tertiary/aromatic N) is 3. The number of methoxy groups -OCH3 is 1. The lowest BCUT2D eigenvalue weighted by Gasteiger charge is -2.09. The number of H-pyrrole nitrogens is 1. The summed E-state index contributed by atoms with van der Waals surface area (Å²) in [5, 5.41) is 9.67. The molecule has 166 valence electrons. The van der Waals surface area contributed by atoms with Gasteiger partial charge in [0, 0.05) is 46.6 Å². The molecule has 33 heavy (non-hydrogen) atoms. The number of esters is 1. The first kappa shape index (κ1) is 21.3. The molecule has 7 nitrogen and oxygen atoms in total. The van der Waals surface area contributed by atoms with Crippen LogP contribution in [0.15, 0.2) is 53.3 Å². The maximum atomic E-state index is 13.2. The number of aromatic nitrogens is 4. The molecule has 0 fully saturated rings. The zero-order valence-corrected chi connectivity index (χ0v) is 19.5. The average molecular weight is 481 g/mol. The van der Waals surface area contributed by atoms with Gasteiger partial charge in [-0.1, -0.05) is 35.3 Å². The van der Waals surface area contributed by atoms with Gasteiger partial charge < -0.3 is 9.30 Å². The maximum absolute atomic E-state index is 13.2. The topological polar surface area (TPSA) is 81.9 Å². The van der Waals surface area contributed by atoms with Crippen molar-refractivity contribution >= 4 is 51.1 Å². The third-order valence-corrected chi connectivity index (χ3v) is 6.40. The van der Waals surface area contributed by atoms with Crippen molar-refractivity contribution in [1.82, 2.24) is 19.3 Å². The molecule has 0 aliphatic rings. The number of hydrogen-bond donors (Lipinski definition) is 1. The summed E-state index contributed by atoms with van der Waals surface area (Å²) in [5.74, 6) is -0.511. The number of pyridine rings is 1. The summed E-state index contributed by atoms with van der Waals surface area (Å²) < 4.78 is 8.35. The van der Waals surface area contributed by atoms with E-state index in [9.17, 15) is 9.59 Å². The number of hydrogen-bond acceptors (Lipinski definition) is 4. The van der Waals surface area contributed by atoms with Crippen LogP contribution in [-0.4, -0.2) is 32.4 Å². The molecule has 3 heterocycles. The lowest BCUT2D eigenvalue weighted by atomic mass is 10.0. The van der Waals surface area contributed by atoms with Gasteiger partial charge in [-0.2, -0.15) is 5.10 Å². The van der Waals surface area contributed by atoms with Crippen LogP contribution in [0.5, 0.6) is 0 Å². The molecule has 0 amide bonds. The Morgan fingerprint density at radius 2 is 1.76 bits per heavy atom. The number of aryl methyl sites for hydroxylation is 2. The summed E-state index contributed by atoms with van der Waals surface area (Å²) in [6, 6.07) is 14.5. The van der Waals surface area contributed by atoms with Gasteiger partial charge in [-0.3, -0.25) is 14.5 Å². The molecule has 5 rings (SSSR count). The van der Waals surface area contributed by atoms with Crippen LogP contribution in [0.4, 0.5) is 0 Å². The quantitative estimate of drug-likeness (QED) is 0.360. The highest BCUT2D eigenvalue weighted by molar-refractivity contribution is 6.36. The Kier molecular flexibility index (Phi) is 5.03. The van der Waals surface area contributed by atoms with Crippen molar-refractivity contribution < 1.29 is 9.53 Å². The molecule has 3 aromatic heterocycles. The van der Waals surface area contributed by atoms with Crippen LogP contribution in [0.2, 0.25) is 10.0 Å². The van der Waals surface area contributed by atoms with Crippen molar-refractivity contribution in [1.29, 1.82) is 0 Å². The molecular weight excluding hydrogens is 463 g/mol. The van der Waals surface area contributed by atoms with Crippen LogP contribution in [0.1, 0.15) is 10.5 Å². The van der Waals surface area contributed by atoms with E-state index in [0.717, 1.165) is 27.5 Å². The number of rotatable bonds is 3. The highest BCUT2D eigenvalue weighted by Gasteiger charge is 2.18. The smallest absolute Gasteiger partial charge is 0.358 e. The number of carbonyl (C=O) groups excluding carboxylic acids is 1.